The van der Waals surface area contributed by atoms with E-state index in [0.717, 1.165) is 10.2 Å². The van der Waals surface area contributed by atoms with Crippen molar-refractivity contribution in [2.24, 2.45) is 0 Å². The van der Waals surface area contributed by atoms with E-state index in [4.69, 9.17) is 9.29 Å². The molecule has 4 rings (SSSR count). The van der Waals surface area contributed by atoms with Crippen molar-refractivity contribution in [3.63, 3.8) is 0 Å². The molecule has 0 fully saturated rings. The van der Waals surface area contributed by atoms with Gasteiger partial charge in [-0.25, -0.2) is 9.78 Å². The molecule has 3 N–H and O–H groups in total. The van der Waals surface area contributed by atoms with Crippen LogP contribution in [-0.2, 0) is 10.1 Å². The van der Waals surface area contributed by atoms with Crippen LogP contribution in [-0.4, -0.2) is 54.3 Å². The normalized spacial score (nSPS) is 11.4. The summed E-state index contributed by atoms with van der Waals surface area (Å²) in [6.07, 6.45) is 0. The van der Waals surface area contributed by atoms with Crippen LogP contribution in [0.25, 0.3) is 31.9 Å². The van der Waals surface area contributed by atoms with Crippen molar-refractivity contribution in [2.75, 3.05) is 19.4 Å². The van der Waals surface area contributed by atoms with Crippen LogP contribution in [0.4, 0.5) is 0 Å². The van der Waals surface area contributed by atoms with Crippen LogP contribution in [0.1, 0.15) is 20.7 Å². The molecule has 9 nitrogen and oxygen atoms in total. The Bertz CT molecular complexity index is 1490. The second-order valence-electron chi connectivity index (χ2n) is 7.40. The fourth-order valence-corrected chi connectivity index (χ4v) is 4.86. The van der Waals surface area contributed by atoms with Crippen molar-refractivity contribution in [1.29, 1.82) is 0 Å². The summed E-state index contributed by atoms with van der Waals surface area (Å²) >= 11 is 1.44. The van der Waals surface area contributed by atoms with E-state index in [1.54, 1.807) is 18.2 Å². The zero-order valence-corrected chi connectivity index (χ0v) is 19.9. The number of benzene rings is 3. The standard InChI is InChI=1S/C24H19N2O7S2/c1-33-21-17(23-26-18-4-2-3-5-19(18)34-23)11-10-16(24(28)29)20(21)14-6-8-15(9-7-14)22(27)25-12-13-35(30,31)32/h2-9,11H,12-13H2,1H3,(H,25,27)(H,28,29)(H,30,31,32). The Morgan fingerprint density at radius 1 is 1.14 bits per heavy atom. The largest absolute Gasteiger partial charge is 0.495 e. The molecule has 1 aromatic heterocycles. The molecule has 0 bridgehead atoms. The quantitative estimate of drug-likeness (QED) is 0.304. The van der Waals surface area contributed by atoms with Gasteiger partial charge in [-0.3, -0.25) is 9.35 Å². The lowest BCUT2D eigenvalue weighted by atomic mass is 9.95. The molecule has 35 heavy (non-hydrogen) atoms. The number of hydrogen-bond donors (Lipinski definition) is 3. The number of ether oxygens (including phenoxy) is 1. The minimum Gasteiger partial charge on any atom is -0.495 e. The van der Waals surface area contributed by atoms with E-state index in [0.29, 0.717) is 21.9 Å². The average Bonchev–Trinajstić information content (AvgIpc) is 3.26. The molecule has 0 aliphatic heterocycles. The fraction of sp³-hybridized carbons (Fsp3) is 0.125. The van der Waals surface area contributed by atoms with Crippen molar-refractivity contribution in [1.82, 2.24) is 10.3 Å². The van der Waals surface area contributed by atoms with Crippen molar-refractivity contribution in [3.8, 4) is 27.4 Å². The second kappa shape index (κ2) is 9.82. The first kappa shape index (κ1) is 24.3. The first-order chi connectivity index (χ1) is 16.7. The molecule has 1 heterocycles. The van der Waals surface area contributed by atoms with Crippen LogP contribution in [0.3, 0.4) is 0 Å². The molecule has 0 saturated carbocycles. The van der Waals surface area contributed by atoms with Gasteiger partial charge in [0.05, 0.1) is 34.2 Å². The smallest absolute Gasteiger partial charge is 0.337 e. The van der Waals surface area contributed by atoms with Gasteiger partial charge in [-0.1, -0.05) is 24.3 Å². The highest BCUT2D eigenvalue weighted by molar-refractivity contribution is 7.85. The molecular formula is C24H19N2O7S2. The molecular weight excluding hydrogens is 492 g/mol. The number of hydrogen-bond acceptors (Lipinski definition) is 7. The first-order valence-electron chi connectivity index (χ1n) is 10.2. The lowest BCUT2D eigenvalue weighted by Gasteiger charge is -2.15. The predicted molar refractivity (Wildman–Crippen MR) is 132 cm³/mol. The zero-order chi connectivity index (χ0) is 25.2. The highest BCUT2D eigenvalue weighted by Gasteiger charge is 2.23. The van der Waals surface area contributed by atoms with Crippen LogP contribution >= 0.6 is 11.3 Å². The van der Waals surface area contributed by atoms with Crippen molar-refractivity contribution >= 4 is 43.5 Å². The summed E-state index contributed by atoms with van der Waals surface area (Å²) in [4.78, 5) is 28.9. The van der Waals surface area contributed by atoms with Gasteiger partial charge < -0.3 is 15.2 Å². The molecule has 11 heteroatoms. The topological polar surface area (TPSA) is 143 Å². The van der Waals surface area contributed by atoms with Crippen molar-refractivity contribution < 1.29 is 32.4 Å². The third kappa shape index (κ3) is 5.32. The van der Waals surface area contributed by atoms with Crippen LogP contribution in [0.5, 0.6) is 5.75 Å². The number of carboxylic acid groups (broad SMARTS) is 1. The maximum atomic E-state index is 12.3. The van der Waals surface area contributed by atoms with E-state index >= 15 is 0 Å². The van der Waals surface area contributed by atoms with E-state index in [1.165, 1.54) is 30.6 Å². The fourth-order valence-electron chi connectivity index (χ4n) is 3.52. The average molecular weight is 512 g/mol. The van der Waals surface area contributed by atoms with Crippen LogP contribution in [0.15, 0.2) is 54.6 Å². The Morgan fingerprint density at radius 3 is 2.49 bits per heavy atom. The molecule has 1 radical (unpaired) electrons. The Kier molecular flexibility index (Phi) is 6.83. The summed E-state index contributed by atoms with van der Waals surface area (Å²) < 4.78 is 37.0. The lowest BCUT2D eigenvalue weighted by molar-refractivity contribution is 0.0696. The molecule has 179 valence electrons. The highest BCUT2D eigenvalue weighted by atomic mass is 32.2. The number of thiazole rings is 1. The summed E-state index contributed by atoms with van der Waals surface area (Å²) in [6.45, 7) is -0.254. The maximum absolute atomic E-state index is 12.3. The number of methoxy groups -OCH3 is 1. The van der Waals surface area contributed by atoms with Crippen LogP contribution in [0, 0.1) is 6.07 Å². The third-order valence-corrected chi connectivity index (χ3v) is 6.90. The number of fused-ring (bicyclic) bond motifs is 1. The summed E-state index contributed by atoms with van der Waals surface area (Å²) in [6, 6.07) is 18.1. The number of carbonyl (C=O) groups is 2. The second-order valence-corrected chi connectivity index (χ2v) is 10.00. The van der Waals surface area contributed by atoms with Gasteiger partial charge in [0.2, 0.25) is 0 Å². The molecule has 4 aromatic rings. The van der Waals surface area contributed by atoms with Gasteiger partial charge in [0.15, 0.2) is 0 Å². The Hall–Kier alpha value is -3.80. The summed E-state index contributed by atoms with van der Waals surface area (Å²) in [7, 11) is -2.75. The minimum atomic E-state index is -4.19. The molecule has 0 unspecified atom stereocenters. The number of carbonyl (C=O) groups excluding carboxylic acids is 1. The van der Waals surface area contributed by atoms with Crippen LogP contribution < -0.4 is 10.1 Å². The predicted octanol–water partition coefficient (Wildman–Crippen LogP) is 3.75. The van der Waals surface area contributed by atoms with E-state index < -0.39 is 27.7 Å². The van der Waals surface area contributed by atoms with E-state index in [9.17, 15) is 23.1 Å². The SMILES string of the molecule is COc1c(-c2nc3ccccc3s2)c[c]c(C(=O)O)c1-c1ccc(C(=O)NCCS(=O)(=O)O)cc1. The van der Waals surface area contributed by atoms with Crippen molar-refractivity contribution in [3.05, 3.63) is 71.8 Å². The summed E-state index contributed by atoms with van der Waals surface area (Å²) in [5, 5.41) is 12.8. The lowest BCUT2D eigenvalue weighted by Crippen LogP contribution is -2.28. The Morgan fingerprint density at radius 2 is 1.86 bits per heavy atom. The molecule has 0 aliphatic carbocycles. The number of carboxylic acids is 1. The van der Waals surface area contributed by atoms with Gasteiger partial charge in [-0.05, 0) is 42.0 Å². The summed E-state index contributed by atoms with van der Waals surface area (Å²) in [5.74, 6) is -2.03. The third-order valence-electron chi connectivity index (χ3n) is 5.11. The number of aromatic nitrogens is 1. The minimum absolute atomic E-state index is 0.0999. The number of nitrogens with one attached hydrogen (secondary N) is 1. The molecule has 0 saturated heterocycles. The number of para-hydroxylation sites is 1. The van der Waals surface area contributed by atoms with E-state index in [2.05, 4.69) is 16.4 Å². The first-order valence-corrected chi connectivity index (χ1v) is 12.7. The van der Waals surface area contributed by atoms with Gasteiger partial charge in [0, 0.05) is 17.7 Å². The maximum Gasteiger partial charge on any atom is 0.337 e. The number of rotatable bonds is 8. The molecule has 1 amide bonds. The zero-order valence-electron chi connectivity index (χ0n) is 18.3. The molecule has 0 spiro atoms. The van der Waals surface area contributed by atoms with Gasteiger partial charge in [-0.2, -0.15) is 8.42 Å². The van der Waals surface area contributed by atoms with Gasteiger partial charge in [0.1, 0.15) is 10.8 Å². The number of aromatic carboxylic acids is 1. The number of amides is 1. The van der Waals surface area contributed by atoms with Gasteiger partial charge >= 0.3 is 5.97 Å². The van der Waals surface area contributed by atoms with Gasteiger partial charge in [-0.15, -0.1) is 11.3 Å². The van der Waals surface area contributed by atoms with E-state index in [1.807, 2.05) is 24.3 Å². The molecule has 0 aliphatic rings. The highest BCUT2D eigenvalue weighted by Crippen LogP contribution is 2.43. The van der Waals surface area contributed by atoms with Crippen LogP contribution in [0.2, 0.25) is 0 Å². The van der Waals surface area contributed by atoms with Gasteiger partial charge in [0.25, 0.3) is 16.0 Å². The molecule has 0 atom stereocenters. The Labute approximate surface area is 204 Å². The monoisotopic (exact) mass is 511 g/mol. The Balaban J connectivity index is 1.73. The summed E-state index contributed by atoms with van der Waals surface area (Å²) in [5.41, 5.74) is 2.29. The van der Waals surface area contributed by atoms with E-state index in [-0.39, 0.29) is 23.2 Å². The molecule has 3 aromatic carbocycles. The van der Waals surface area contributed by atoms with Crippen molar-refractivity contribution in [2.45, 2.75) is 0 Å². The number of nitrogens with zero attached hydrogens (tertiary/aromatic N) is 1.